The molecule has 0 saturated carbocycles. The zero-order valence-corrected chi connectivity index (χ0v) is 15.9. The Hall–Kier alpha value is -3.43. The molecule has 1 aliphatic heterocycles. The van der Waals surface area contributed by atoms with E-state index in [-0.39, 0.29) is 48.9 Å². The van der Waals surface area contributed by atoms with Gasteiger partial charge in [0, 0.05) is 5.56 Å². The maximum Gasteiger partial charge on any atom is 0.416 e. The molecular formula is C20H18F3NO6. The summed E-state index contributed by atoms with van der Waals surface area (Å²) >= 11 is 0. The molecule has 1 N–H and O–H groups in total. The summed E-state index contributed by atoms with van der Waals surface area (Å²) in [6.45, 7) is 0.250. The van der Waals surface area contributed by atoms with Gasteiger partial charge in [0.25, 0.3) is 0 Å². The number of aliphatic carboxylic acids is 1. The third kappa shape index (κ3) is 4.94. The summed E-state index contributed by atoms with van der Waals surface area (Å²) in [4.78, 5) is 24.0. The van der Waals surface area contributed by atoms with Gasteiger partial charge in [0.2, 0.25) is 0 Å². The number of carbonyl (C=O) groups excluding carboxylic acids is 1. The molecule has 160 valence electrons. The molecule has 3 rings (SSSR count). The summed E-state index contributed by atoms with van der Waals surface area (Å²) in [5.41, 5.74) is -0.340. The van der Waals surface area contributed by atoms with Crippen LogP contribution in [0.3, 0.4) is 0 Å². The lowest BCUT2D eigenvalue weighted by atomic mass is 10.1. The van der Waals surface area contributed by atoms with Crippen molar-refractivity contribution in [3.8, 4) is 17.2 Å². The monoisotopic (exact) mass is 425 g/mol. The summed E-state index contributed by atoms with van der Waals surface area (Å²) in [7, 11) is 1.38. The van der Waals surface area contributed by atoms with Crippen LogP contribution in [0.4, 0.5) is 18.0 Å². The van der Waals surface area contributed by atoms with Crippen molar-refractivity contribution in [1.82, 2.24) is 4.90 Å². The van der Waals surface area contributed by atoms with Crippen molar-refractivity contribution in [1.29, 1.82) is 0 Å². The van der Waals surface area contributed by atoms with Crippen LogP contribution in [0.15, 0.2) is 36.4 Å². The number of hydrogen-bond acceptors (Lipinski definition) is 5. The molecule has 0 radical (unpaired) electrons. The predicted octanol–water partition coefficient (Wildman–Crippen LogP) is 4.09. The van der Waals surface area contributed by atoms with Gasteiger partial charge in [-0.1, -0.05) is 6.07 Å². The van der Waals surface area contributed by atoms with E-state index in [1.807, 2.05) is 0 Å². The Bertz CT molecular complexity index is 960. The molecule has 1 aliphatic rings. The van der Waals surface area contributed by atoms with Crippen molar-refractivity contribution in [3.05, 3.63) is 53.1 Å². The summed E-state index contributed by atoms with van der Waals surface area (Å²) in [6, 6.07) is 7.44. The van der Waals surface area contributed by atoms with Crippen LogP contribution >= 0.6 is 0 Å². The van der Waals surface area contributed by atoms with Gasteiger partial charge in [0.1, 0.15) is 12.4 Å². The summed E-state index contributed by atoms with van der Waals surface area (Å²) < 4.78 is 55.4. The molecule has 2 aromatic carbocycles. The number of nitrogens with zero attached hydrogens (tertiary/aromatic N) is 1. The fraction of sp³-hybridized carbons (Fsp3) is 0.300. The van der Waals surface area contributed by atoms with Crippen molar-refractivity contribution >= 4 is 12.1 Å². The quantitative estimate of drug-likeness (QED) is 0.720. The summed E-state index contributed by atoms with van der Waals surface area (Å²) in [5, 5.41) is 8.98. The molecule has 0 bridgehead atoms. The van der Waals surface area contributed by atoms with Crippen LogP contribution in [-0.2, 0) is 28.7 Å². The van der Waals surface area contributed by atoms with E-state index < -0.39 is 23.8 Å². The van der Waals surface area contributed by atoms with Crippen molar-refractivity contribution in [3.63, 3.8) is 0 Å². The molecule has 10 heteroatoms. The molecule has 1 saturated heterocycles. The van der Waals surface area contributed by atoms with Gasteiger partial charge < -0.3 is 24.2 Å². The van der Waals surface area contributed by atoms with E-state index in [0.29, 0.717) is 5.56 Å². The van der Waals surface area contributed by atoms with E-state index in [4.69, 9.17) is 19.3 Å². The van der Waals surface area contributed by atoms with Gasteiger partial charge in [0.05, 0.1) is 32.2 Å². The third-order valence-corrected chi connectivity index (χ3v) is 4.40. The van der Waals surface area contributed by atoms with Gasteiger partial charge in [-0.2, -0.15) is 13.2 Å². The first kappa shape index (κ1) is 21.3. The largest absolute Gasteiger partial charge is 0.493 e. The molecule has 0 aromatic heterocycles. The summed E-state index contributed by atoms with van der Waals surface area (Å²) in [6.07, 6.45) is -5.46. The topological polar surface area (TPSA) is 85.3 Å². The van der Waals surface area contributed by atoms with Crippen LogP contribution in [0.25, 0.3) is 0 Å². The summed E-state index contributed by atoms with van der Waals surface area (Å²) in [5.74, 6) is -0.556. The van der Waals surface area contributed by atoms with E-state index >= 15 is 0 Å². The van der Waals surface area contributed by atoms with Crippen molar-refractivity contribution < 1.29 is 42.1 Å². The van der Waals surface area contributed by atoms with E-state index in [1.165, 1.54) is 24.1 Å². The number of benzene rings is 2. The van der Waals surface area contributed by atoms with E-state index in [9.17, 15) is 22.8 Å². The third-order valence-electron chi connectivity index (χ3n) is 4.40. The molecule has 0 atom stereocenters. The zero-order valence-electron chi connectivity index (χ0n) is 15.9. The number of alkyl halides is 3. The molecule has 2 aromatic rings. The molecule has 7 nitrogen and oxygen atoms in total. The first-order valence-corrected chi connectivity index (χ1v) is 8.86. The van der Waals surface area contributed by atoms with Crippen molar-refractivity contribution in [2.24, 2.45) is 0 Å². The van der Waals surface area contributed by atoms with Crippen molar-refractivity contribution in [2.75, 3.05) is 20.3 Å². The lowest BCUT2D eigenvalue weighted by molar-refractivity contribution is -0.138. The number of amides is 1. The molecular weight excluding hydrogens is 407 g/mol. The first-order valence-electron chi connectivity index (χ1n) is 8.86. The van der Waals surface area contributed by atoms with Gasteiger partial charge in [-0.3, -0.25) is 4.79 Å². The molecule has 0 aliphatic carbocycles. The molecule has 0 spiro atoms. The minimum atomic E-state index is -4.57. The predicted molar refractivity (Wildman–Crippen MR) is 97.6 cm³/mol. The number of ether oxygens (including phenoxy) is 3. The van der Waals surface area contributed by atoms with Crippen LogP contribution in [0.5, 0.6) is 17.2 Å². The van der Waals surface area contributed by atoms with Crippen LogP contribution < -0.4 is 9.47 Å². The Balaban J connectivity index is 1.98. The Morgan fingerprint density at radius 1 is 1.17 bits per heavy atom. The van der Waals surface area contributed by atoms with Gasteiger partial charge in [-0.15, -0.1) is 0 Å². The Morgan fingerprint density at radius 2 is 1.90 bits per heavy atom. The highest BCUT2D eigenvalue weighted by molar-refractivity contribution is 5.71. The zero-order chi connectivity index (χ0) is 21.9. The van der Waals surface area contributed by atoms with E-state index in [1.54, 1.807) is 6.07 Å². The minimum absolute atomic E-state index is 0.0773. The van der Waals surface area contributed by atoms with Gasteiger partial charge >= 0.3 is 18.2 Å². The number of carbonyl (C=O) groups is 2. The maximum absolute atomic E-state index is 13.2. The maximum atomic E-state index is 13.2. The second-order valence-corrected chi connectivity index (χ2v) is 6.51. The number of methoxy groups -OCH3 is 1. The normalized spacial score (nSPS) is 13.9. The van der Waals surface area contributed by atoms with Gasteiger partial charge in [0.15, 0.2) is 11.5 Å². The fourth-order valence-corrected chi connectivity index (χ4v) is 2.96. The fourth-order valence-electron chi connectivity index (χ4n) is 2.96. The average Bonchev–Trinajstić information content (AvgIpc) is 3.06. The smallest absolute Gasteiger partial charge is 0.416 e. The molecule has 1 heterocycles. The molecule has 0 unspecified atom stereocenters. The number of hydrogen-bond donors (Lipinski definition) is 1. The van der Waals surface area contributed by atoms with Crippen LogP contribution in [0.1, 0.15) is 16.7 Å². The van der Waals surface area contributed by atoms with Crippen LogP contribution in [-0.4, -0.2) is 42.3 Å². The molecule has 30 heavy (non-hydrogen) atoms. The lowest BCUT2D eigenvalue weighted by Gasteiger charge is -2.19. The van der Waals surface area contributed by atoms with Gasteiger partial charge in [-0.25, -0.2) is 4.79 Å². The molecule has 1 amide bonds. The highest BCUT2D eigenvalue weighted by atomic mass is 19.4. The SMILES string of the molecule is COc1ccc(CC(=O)O)cc1Oc1ccc(C(F)(F)F)cc1CN1CCOC1=O. The van der Waals surface area contributed by atoms with E-state index in [2.05, 4.69) is 0 Å². The van der Waals surface area contributed by atoms with E-state index in [0.717, 1.165) is 18.2 Å². The van der Waals surface area contributed by atoms with Crippen molar-refractivity contribution in [2.45, 2.75) is 19.1 Å². The molecule has 1 fully saturated rings. The minimum Gasteiger partial charge on any atom is -0.493 e. The van der Waals surface area contributed by atoms with Gasteiger partial charge in [-0.05, 0) is 35.9 Å². The highest BCUT2D eigenvalue weighted by Gasteiger charge is 2.32. The number of carboxylic acid groups (broad SMARTS) is 1. The first-order chi connectivity index (χ1) is 14.2. The number of cyclic esters (lactones) is 1. The number of halogens is 3. The van der Waals surface area contributed by atoms with Crippen LogP contribution in [0.2, 0.25) is 0 Å². The highest BCUT2D eigenvalue weighted by Crippen LogP contribution is 2.38. The second-order valence-electron chi connectivity index (χ2n) is 6.51. The number of rotatable bonds is 7. The van der Waals surface area contributed by atoms with Crippen LogP contribution in [0, 0.1) is 0 Å². The Kier molecular flexibility index (Phi) is 6.04. The number of carboxylic acids is 1. The second kappa shape index (κ2) is 8.52. The lowest BCUT2D eigenvalue weighted by Crippen LogP contribution is -2.24. The standard InChI is InChI=1S/C20H18F3NO6/c1-28-16-4-2-12(9-18(25)26)8-17(16)30-15-5-3-14(20(21,22)23)10-13(15)11-24-6-7-29-19(24)27/h2-5,8,10H,6-7,9,11H2,1H3,(H,25,26). The Labute approximate surface area is 169 Å². The Morgan fingerprint density at radius 3 is 2.50 bits per heavy atom. The average molecular weight is 425 g/mol.